The van der Waals surface area contributed by atoms with Crippen molar-refractivity contribution in [3.63, 3.8) is 0 Å². The van der Waals surface area contributed by atoms with Crippen LogP contribution in [-0.4, -0.2) is 17.0 Å². The van der Waals surface area contributed by atoms with Gasteiger partial charge in [0.05, 0.1) is 6.54 Å². The SMILES string of the molecule is C[C@H](Oc1ccc(Cl)cc1)C(=O)NCc1ccc[nH]1. The molecule has 1 aromatic heterocycles. The van der Waals surface area contributed by atoms with Gasteiger partial charge in [0.2, 0.25) is 0 Å². The van der Waals surface area contributed by atoms with Crippen LogP contribution in [0.15, 0.2) is 42.6 Å². The summed E-state index contributed by atoms with van der Waals surface area (Å²) >= 11 is 5.78. The number of aromatic amines is 1. The maximum Gasteiger partial charge on any atom is 0.261 e. The Morgan fingerprint density at radius 3 is 2.74 bits per heavy atom. The maximum absolute atomic E-state index is 11.8. The standard InChI is InChI=1S/C14H15ClN2O2/c1-10(19-13-6-4-11(15)5-7-13)14(18)17-9-12-3-2-8-16-12/h2-8,10,16H,9H2,1H3,(H,17,18)/t10-/m0/s1. The molecule has 1 heterocycles. The van der Waals surface area contributed by atoms with E-state index in [0.717, 1.165) is 5.69 Å². The van der Waals surface area contributed by atoms with Crippen molar-refractivity contribution in [3.05, 3.63) is 53.3 Å². The number of hydrogen-bond donors (Lipinski definition) is 2. The predicted octanol–water partition coefficient (Wildman–Crippen LogP) is 2.75. The first kappa shape index (κ1) is 13.5. The van der Waals surface area contributed by atoms with E-state index in [1.54, 1.807) is 31.2 Å². The largest absolute Gasteiger partial charge is 0.481 e. The third-order valence-electron chi connectivity index (χ3n) is 2.61. The van der Waals surface area contributed by atoms with E-state index < -0.39 is 6.10 Å². The number of H-pyrrole nitrogens is 1. The molecular weight excluding hydrogens is 264 g/mol. The highest BCUT2D eigenvalue weighted by Gasteiger charge is 2.14. The van der Waals surface area contributed by atoms with Crippen LogP contribution in [-0.2, 0) is 11.3 Å². The van der Waals surface area contributed by atoms with Crippen LogP contribution in [0, 0.1) is 0 Å². The number of benzene rings is 1. The van der Waals surface area contributed by atoms with E-state index in [2.05, 4.69) is 10.3 Å². The first-order valence-corrected chi connectivity index (χ1v) is 6.35. The van der Waals surface area contributed by atoms with Gasteiger partial charge in [-0.3, -0.25) is 4.79 Å². The molecule has 2 aromatic rings. The van der Waals surface area contributed by atoms with E-state index in [0.29, 0.717) is 17.3 Å². The van der Waals surface area contributed by atoms with Gasteiger partial charge >= 0.3 is 0 Å². The molecule has 1 atom stereocenters. The van der Waals surface area contributed by atoms with Crippen LogP contribution < -0.4 is 10.1 Å². The molecule has 0 spiro atoms. The van der Waals surface area contributed by atoms with Gasteiger partial charge in [-0.05, 0) is 43.3 Å². The van der Waals surface area contributed by atoms with Gasteiger partial charge < -0.3 is 15.0 Å². The molecule has 2 rings (SSSR count). The highest BCUT2D eigenvalue weighted by molar-refractivity contribution is 6.30. The van der Waals surface area contributed by atoms with Crippen molar-refractivity contribution in [1.82, 2.24) is 10.3 Å². The van der Waals surface area contributed by atoms with Gasteiger partial charge in [0.1, 0.15) is 5.75 Å². The quantitative estimate of drug-likeness (QED) is 0.884. The number of amides is 1. The number of carbonyl (C=O) groups excluding carboxylic acids is 1. The Bertz CT molecular complexity index is 523. The fourth-order valence-corrected chi connectivity index (χ4v) is 1.70. The minimum Gasteiger partial charge on any atom is -0.481 e. The predicted molar refractivity (Wildman–Crippen MR) is 74.2 cm³/mol. The number of hydrogen-bond acceptors (Lipinski definition) is 2. The lowest BCUT2D eigenvalue weighted by molar-refractivity contribution is -0.127. The first-order valence-electron chi connectivity index (χ1n) is 5.97. The van der Waals surface area contributed by atoms with Crippen molar-refractivity contribution in [3.8, 4) is 5.75 Å². The molecule has 19 heavy (non-hydrogen) atoms. The molecule has 1 amide bonds. The third-order valence-corrected chi connectivity index (χ3v) is 2.86. The highest BCUT2D eigenvalue weighted by Crippen LogP contribution is 2.16. The summed E-state index contributed by atoms with van der Waals surface area (Å²) in [6.07, 6.45) is 1.26. The molecule has 2 N–H and O–H groups in total. The van der Waals surface area contributed by atoms with Gasteiger partial charge in [0.25, 0.3) is 5.91 Å². The molecule has 0 bridgehead atoms. The molecule has 0 radical (unpaired) electrons. The third kappa shape index (κ3) is 4.03. The number of halogens is 1. The maximum atomic E-state index is 11.8. The fourth-order valence-electron chi connectivity index (χ4n) is 1.57. The Kier molecular flexibility index (Phi) is 4.47. The monoisotopic (exact) mass is 278 g/mol. The Labute approximate surface area is 116 Å². The van der Waals surface area contributed by atoms with Gasteiger partial charge in [0.15, 0.2) is 6.10 Å². The smallest absolute Gasteiger partial charge is 0.261 e. The Hall–Kier alpha value is -1.94. The van der Waals surface area contributed by atoms with Crippen molar-refractivity contribution < 1.29 is 9.53 Å². The molecule has 100 valence electrons. The van der Waals surface area contributed by atoms with Crippen molar-refractivity contribution in [2.45, 2.75) is 19.6 Å². The summed E-state index contributed by atoms with van der Waals surface area (Å²) in [7, 11) is 0. The zero-order valence-electron chi connectivity index (χ0n) is 10.5. The summed E-state index contributed by atoms with van der Waals surface area (Å²) in [5, 5.41) is 3.43. The molecule has 5 heteroatoms. The lowest BCUT2D eigenvalue weighted by atomic mass is 10.3. The van der Waals surface area contributed by atoms with Crippen LogP contribution in [0.25, 0.3) is 0 Å². The Morgan fingerprint density at radius 2 is 2.11 bits per heavy atom. The molecular formula is C14H15ClN2O2. The molecule has 0 unspecified atom stereocenters. The molecule has 0 saturated carbocycles. The Balaban J connectivity index is 1.83. The lowest BCUT2D eigenvalue weighted by Gasteiger charge is -2.14. The summed E-state index contributed by atoms with van der Waals surface area (Å²) in [6.45, 7) is 2.17. The van der Waals surface area contributed by atoms with E-state index in [4.69, 9.17) is 16.3 Å². The molecule has 0 aliphatic rings. The van der Waals surface area contributed by atoms with Crippen LogP contribution in [0.1, 0.15) is 12.6 Å². The second-order valence-corrected chi connectivity index (χ2v) is 4.56. The molecule has 0 aliphatic carbocycles. The van der Waals surface area contributed by atoms with Gasteiger partial charge in [-0.2, -0.15) is 0 Å². The lowest BCUT2D eigenvalue weighted by Crippen LogP contribution is -2.35. The summed E-state index contributed by atoms with van der Waals surface area (Å²) in [5.41, 5.74) is 0.951. The number of aromatic nitrogens is 1. The zero-order valence-corrected chi connectivity index (χ0v) is 11.3. The molecule has 0 aliphatic heterocycles. The first-order chi connectivity index (χ1) is 9.15. The van der Waals surface area contributed by atoms with E-state index in [1.807, 2.05) is 18.3 Å². The summed E-state index contributed by atoms with van der Waals surface area (Å²) in [4.78, 5) is 14.9. The van der Waals surface area contributed by atoms with E-state index in [9.17, 15) is 4.79 Å². The van der Waals surface area contributed by atoms with Crippen LogP contribution in [0.4, 0.5) is 0 Å². The molecule has 0 fully saturated rings. The van der Waals surface area contributed by atoms with Crippen molar-refractivity contribution in [2.24, 2.45) is 0 Å². The van der Waals surface area contributed by atoms with Crippen LogP contribution in [0.5, 0.6) is 5.75 Å². The van der Waals surface area contributed by atoms with Gasteiger partial charge in [-0.15, -0.1) is 0 Å². The average Bonchev–Trinajstić information content (AvgIpc) is 2.91. The van der Waals surface area contributed by atoms with Crippen LogP contribution >= 0.6 is 11.6 Å². The summed E-state index contributed by atoms with van der Waals surface area (Å²) in [5.74, 6) is 0.455. The summed E-state index contributed by atoms with van der Waals surface area (Å²) < 4.78 is 5.52. The van der Waals surface area contributed by atoms with Gasteiger partial charge in [0, 0.05) is 16.9 Å². The number of rotatable bonds is 5. The normalized spacial score (nSPS) is 11.9. The van der Waals surface area contributed by atoms with E-state index >= 15 is 0 Å². The minimum atomic E-state index is -0.559. The van der Waals surface area contributed by atoms with E-state index in [-0.39, 0.29) is 5.91 Å². The molecule has 1 aromatic carbocycles. The van der Waals surface area contributed by atoms with Gasteiger partial charge in [-0.1, -0.05) is 11.6 Å². The van der Waals surface area contributed by atoms with Gasteiger partial charge in [-0.25, -0.2) is 0 Å². The second-order valence-electron chi connectivity index (χ2n) is 4.13. The second kappa shape index (κ2) is 6.29. The van der Waals surface area contributed by atoms with Crippen LogP contribution in [0.2, 0.25) is 5.02 Å². The van der Waals surface area contributed by atoms with Crippen molar-refractivity contribution in [2.75, 3.05) is 0 Å². The number of ether oxygens (including phenoxy) is 1. The molecule has 4 nitrogen and oxygen atoms in total. The fraction of sp³-hybridized carbons (Fsp3) is 0.214. The topological polar surface area (TPSA) is 54.1 Å². The van der Waals surface area contributed by atoms with Crippen molar-refractivity contribution >= 4 is 17.5 Å². The number of nitrogens with one attached hydrogen (secondary N) is 2. The van der Waals surface area contributed by atoms with E-state index in [1.165, 1.54) is 0 Å². The highest BCUT2D eigenvalue weighted by atomic mass is 35.5. The van der Waals surface area contributed by atoms with Crippen LogP contribution in [0.3, 0.4) is 0 Å². The molecule has 0 saturated heterocycles. The minimum absolute atomic E-state index is 0.162. The zero-order chi connectivity index (χ0) is 13.7. The number of carbonyl (C=O) groups is 1. The average molecular weight is 279 g/mol. The van der Waals surface area contributed by atoms with Crippen molar-refractivity contribution in [1.29, 1.82) is 0 Å². The summed E-state index contributed by atoms with van der Waals surface area (Å²) in [6, 6.07) is 10.7. The Morgan fingerprint density at radius 1 is 1.37 bits per heavy atom.